The first kappa shape index (κ1) is 20.1. The van der Waals surface area contributed by atoms with E-state index in [2.05, 4.69) is 5.32 Å². The van der Waals surface area contributed by atoms with Crippen molar-refractivity contribution in [3.63, 3.8) is 0 Å². The molecule has 0 aliphatic heterocycles. The summed E-state index contributed by atoms with van der Waals surface area (Å²) in [5.74, 6) is 0.713. The van der Waals surface area contributed by atoms with E-state index in [-0.39, 0.29) is 18.4 Å². The van der Waals surface area contributed by atoms with Crippen LogP contribution in [0.4, 0.5) is 11.4 Å². The average Bonchev–Trinajstić information content (AvgIpc) is 2.67. The number of ether oxygens (including phenoxy) is 1. The number of carbonyl (C=O) groups is 2. The van der Waals surface area contributed by atoms with Crippen molar-refractivity contribution in [2.45, 2.75) is 20.8 Å². The van der Waals surface area contributed by atoms with Gasteiger partial charge in [-0.15, -0.1) is 0 Å². The average molecular weight is 388 g/mol. The molecule has 0 aliphatic rings. The Labute approximate surface area is 170 Å². The van der Waals surface area contributed by atoms with Crippen LogP contribution in [0.15, 0.2) is 72.8 Å². The second kappa shape index (κ2) is 9.06. The van der Waals surface area contributed by atoms with Gasteiger partial charge in [0.2, 0.25) is 11.8 Å². The number of rotatable bonds is 6. The quantitative estimate of drug-likeness (QED) is 0.640. The molecular formula is C24H24N2O3. The van der Waals surface area contributed by atoms with E-state index >= 15 is 0 Å². The van der Waals surface area contributed by atoms with Crippen LogP contribution < -0.4 is 15.0 Å². The maximum Gasteiger partial charge on any atom is 0.244 e. The molecular weight excluding hydrogens is 364 g/mol. The highest BCUT2D eigenvalue weighted by Gasteiger charge is 2.17. The Balaban J connectivity index is 1.76. The Bertz CT molecular complexity index is 995. The first-order valence-corrected chi connectivity index (χ1v) is 9.40. The van der Waals surface area contributed by atoms with Crippen molar-refractivity contribution in [3.05, 3.63) is 83.9 Å². The lowest BCUT2D eigenvalue weighted by molar-refractivity contribution is -0.120. The summed E-state index contributed by atoms with van der Waals surface area (Å²) in [6, 6.07) is 22.4. The van der Waals surface area contributed by atoms with Gasteiger partial charge in [-0.3, -0.25) is 9.59 Å². The largest absolute Gasteiger partial charge is 0.455 e. The van der Waals surface area contributed by atoms with Crippen molar-refractivity contribution in [1.82, 2.24) is 0 Å². The molecule has 0 radical (unpaired) electrons. The minimum atomic E-state index is -0.302. The van der Waals surface area contributed by atoms with Gasteiger partial charge in [-0.05, 0) is 61.4 Å². The third-order valence-corrected chi connectivity index (χ3v) is 4.33. The highest BCUT2D eigenvalue weighted by Crippen LogP contribution is 2.29. The van der Waals surface area contributed by atoms with Crippen LogP contribution in [0.25, 0.3) is 0 Å². The highest BCUT2D eigenvalue weighted by atomic mass is 16.5. The number of amides is 2. The molecule has 29 heavy (non-hydrogen) atoms. The van der Waals surface area contributed by atoms with Gasteiger partial charge < -0.3 is 15.0 Å². The topological polar surface area (TPSA) is 58.6 Å². The number of para-hydroxylation sites is 3. The minimum absolute atomic E-state index is 0.0854. The van der Waals surface area contributed by atoms with Crippen LogP contribution in [0, 0.1) is 13.8 Å². The molecule has 5 heteroatoms. The Morgan fingerprint density at radius 1 is 0.897 bits per heavy atom. The summed E-state index contributed by atoms with van der Waals surface area (Å²) >= 11 is 0. The van der Waals surface area contributed by atoms with Gasteiger partial charge >= 0.3 is 0 Å². The number of carbonyl (C=O) groups excluding carboxylic acids is 2. The molecule has 0 heterocycles. The fraction of sp³-hybridized carbons (Fsp3) is 0.167. The predicted octanol–water partition coefficient (Wildman–Crippen LogP) is 5.09. The van der Waals surface area contributed by atoms with Gasteiger partial charge in [-0.1, -0.05) is 36.4 Å². The van der Waals surface area contributed by atoms with Crippen LogP contribution in [-0.4, -0.2) is 18.4 Å². The van der Waals surface area contributed by atoms with Gasteiger partial charge in [0.25, 0.3) is 0 Å². The first-order chi connectivity index (χ1) is 13.9. The molecule has 0 atom stereocenters. The van der Waals surface area contributed by atoms with E-state index in [4.69, 9.17) is 4.74 Å². The maximum absolute atomic E-state index is 12.7. The van der Waals surface area contributed by atoms with Crippen LogP contribution in [0.3, 0.4) is 0 Å². The van der Waals surface area contributed by atoms with E-state index in [9.17, 15) is 9.59 Å². The normalized spacial score (nSPS) is 10.3. The maximum atomic E-state index is 12.7. The molecule has 148 valence electrons. The van der Waals surface area contributed by atoms with Gasteiger partial charge in [0.05, 0.1) is 5.69 Å². The summed E-state index contributed by atoms with van der Waals surface area (Å²) in [6.45, 7) is 5.30. The summed E-state index contributed by atoms with van der Waals surface area (Å²) < 4.78 is 5.88. The van der Waals surface area contributed by atoms with E-state index in [1.807, 2.05) is 74.5 Å². The Morgan fingerprint density at radius 3 is 2.17 bits per heavy atom. The van der Waals surface area contributed by atoms with Crippen molar-refractivity contribution in [3.8, 4) is 11.5 Å². The molecule has 3 aromatic carbocycles. The number of aryl methyl sites for hydroxylation is 2. The van der Waals surface area contributed by atoms with Crippen molar-refractivity contribution in [1.29, 1.82) is 0 Å². The number of nitrogens with zero attached hydrogens (tertiary/aromatic N) is 1. The van der Waals surface area contributed by atoms with E-state index in [1.165, 1.54) is 11.8 Å². The van der Waals surface area contributed by atoms with Crippen molar-refractivity contribution < 1.29 is 14.3 Å². The van der Waals surface area contributed by atoms with Gasteiger partial charge in [-0.25, -0.2) is 0 Å². The molecule has 1 N–H and O–H groups in total. The van der Waals surface area contributed by atoms with E-state index in [1.54, 1.807) is 12.1 Å². The molecule has 5 nitrogen and oxygen atoms in total. The second-order valence-corrected chi connectivity index (χ2v) is 6.91. The number of hydrogen-bond acceptors (Lipinski definition) is 3. The summed E-state index contributed by atoms with van der Waals surface area (Å²) in [7, 11) is 0. The van der Waals surface area contributed by atoms with Crippen LogP contribution >= 0.6 is 0 Å². The summed E-state index contributed by atoms with van der Waals surface area (Å²) in [4.78, 5) is 26.4. The van der Waals surface area contributed by atoms with Crippen molar-refractivity contribution in [2.24, 2.45) is 0 Å². The van der Waals surface area contributed by atoms with Gasteiger partial charge in [0.15, 0.2) is 5.75 Å². The minimum Gasteiger partial charge on any atom is -0.455 e. The monoisotopic (exact) mass is 388 g/mol. The lowest BCUT2D eigenvalue weighted by atomic mass is 10.1. The van der Waals surface area contributed by atoms with E-state index < -0.39 is 0 Å². The standard InChI is InChI=1S/C24H24N2O3/c1-17-13-18(2)15-20(14-17)26(19(3)27)16-24(28)25-22-11-7-8-12-23(22)29-21-9-5-4-6-10-21/h4-15H,16H2,1-3H3,(H,25,28). The van der Waals surface area contributed by atoms with Crippen LogP contribution in [-0.2, 0) is 9.59 Å². The zero-order chi connectivity index (χ0) is 20.8. The number of anilines is 2. The molecule has 3 aromatic rings. The first-order valence-electron chi connectivity index (χ1n) is 9.40. The molecule has 2 amide bonds. The molecule has 0 aromatic heterocycles. The molecule has 0 unspecified atom stereocenters. The Kier molecular flexibility index (Phi) is 6.29. The summed E-state index contributed by atoms with van der Waals surface area (Å²) in [5.41, 5.74) is 3.32. The van der Waals surface area contributed by atoms with Gasteiger partial charge in [-0.2, -0.15) is 0 Å². The third-order valence-electron chi connectivity index (χ3n) is 4.33. The molecule has 3 rings (SSSR count). The Morgan fingerprint density at radius 2 is 1.52 bits per heavy atom. The van der Waals surface area contributed by atoms with Crippen molar-refractivity contribution in [2.75, 3.05) is 16.8 Å². The molecule has 0 bridgehead atoms. The lowest BCUT2D eigenvalue weighted by Crippen LogP contribution is -2.36. The van der Waals surface area contributed by atoms with E-state index in [0.29, 0.717) is 22.9 Å². The smallest absolute Gasteiger partial charge is 0.244 e. The fourth-order valence-corrected chi connectivity index (χ4v) is 3.10. The highest BCUT2D eigenvalue weighted by molar-refractivity contribution is 6.02. The summed E-state index contributed by atoms with van der Waals surface area (Å²) in [5, 5.41) is 2.86. The number of nitrogens with one attached hydrogen (secondary N) is 1. The van der Waals surface area contributed by atoms with Crippen molar-refractivity contribution >= 4 is 23.2 Å². The number of hydrogen-bond donors (Lipinski definition) is 1. The molecule has 0 saturated heterocycles. The lowest BCUT2D eigenvalue weighted by Gasteiger charge is -2.22. The van der Waals surface area contributed by atoms with Crippen LogP contribution in [0.5, 0.6) is 11.5 Å². The van der Waals surface area contributed by atoms with Gasteiger partial charge in [0.1, 0.15) is 12.3 Å². The number of benzene rings is 3. The zero-order valence-electron chi connectivity index (χ0n) is 16.8. The SMILES string of the molecule is CC(=O)N(CC(=O)Nc1ccccc1Oc1ccccc1)c1cc(C)cc(C)c1. The fourth-order valence-electron chi connectivity index (χ4n) is 3.10. The predicted molar refractivity (Wildman–Crippen MR) is 116 cm³/mol. The van der Waals surface area contributed by atoms with Crippen LogP contribution in [0.2, 0.25) is 0 Å². The molecule has 0 saturated carbocycles. The molecule has 0 aliphatic carbocycles. The van der Waals surface area contributed by atoms with Crippen LogP contribution in [0.1, 0.15) is 18.1 Å². The second-order valence-electron chi connectivity index (χ2n) is 6.91. The molecule has 0 fully saturated rings. The third kappa shape index (κ3) is 5.45. The molecule has 0 spiro atoms. The Hall–Kier alpha value is -3.60. The van der Waals surface area contributed by atoms with Gasteiger partial charge in [0, 0.05) is 12.6 Å². The zero-order valence-corrected chi connectivity index (χ0v) is 16.8. The van der Waals surface area contributed by atoms with E-state index in [0.717, 1.165) is 11.1 Å². The summed E-state index contributed by atoms with van der Waals surface area (Å²) in [6.07, 6.45) is 0.